The molecule has 2 aromatic carbocycles. The van der Waals surface area contributed by atoms with Crippen molar-refractivity contribution in [2.45, 2.75) is 11.9 Å². The van der Waals surface area contributed by atoms with Gasteiger partial charge in [0, 0.05) is 11.8 Å². The molecule has 1 N–H and O–H groups in total. The van der Waals surface area contributed by atoms with Crippen molar-refractivity contribution in [3.8, 4) is 32.6 Å². The lowest BCUT2D eigenvalue weighted by Crippen LogP contribution is -2.14. The minimum Gasteiger partial charge on any atom is -0.497 e. The Kier molecular flexibility index (Phi) is 7.21. The number of amides is 1. The summed E-state index contributed by atoms with van der Waals surface area (Å²) in [6.07, 6.45) is 0. The zero-order valence-electron chi connectivity index (χ0n) is 18.4. The highest BCUT2D eigenvalue weighted by Gasteiger charge is 2.16. The first-order chi connectivity index (χ1) is 16.1. The van der Waals surface area contributed by atoms with E-state index in [1.165, 1.54) is 11.8 Å². The maximum atomic E-state index is 12.3. The van der Waals surface area contributed by atoms with Crippen molar-refractivity contribution in [1.29, 1.82) is 0 Å². The number of nitrogens with zero attached hydrogens (tertiary/aromatic N) is 3. The number of aryl methyl sites for hydroxylation is 1. The first-order valence-electron chi connectivity index (χ1n) is 10.1. The average molecular weight is 479 g/mol. The molecular weight excluding hydrogens is 456 g/mol. The normalized spacial score (nSPS) is 10.6. The number of nitrogens with one attached hydrogen (secondary N) is 1. The van der Waals surface area contributed by atoms with E-state index in [1.807, 2.05) is 61.5 Å². The molecule has 0 aliphatic rings. The SMILES string of the molecule is COc1cccc(NC(=O)CSc2ccc(-c3sc(-c4ccccc4OC)nc3C)nn2)c1. The van der Waals surface area contributed by atoms with Crippen LogP contribution in [0.1, 0.15) is 5.69 Å². The van der Waals surface area contributed by atoms with Crippen molar-refractivity contribution in [3.63, 3.8) is 0 Å². The van der Waals surface area contributed by atoms with Crippen LogP contribution in [0.2, 0.25) is 0 Å². The van der Waals surface area contributed by atoms with E-state index in [0.717, 1.165) is 32.6 Å². The fourth-order valence-electron chi connectivity index (χ4n) is 3.13. The maximum absolute atomic E-state index is 12.3. The molecule has 9 heteroatoms. The molecule has 0 spiro atoms. The van der Waals surface area contributed by atoms with Crippen LogP contribution in [0, 0.1) is 6.92 Å². The van der Waals surface area contributed by atoms with Crippen molar-refractivity contribution < 1.29 is 14.3 Å². The van der Waals surface area contributed by atoms with Crippen LogP contribution in [-0.4, -0.2) is 41.1 Å². The molecule has 7 nitrogen and oxygen atoms in total. The lowest BCUT2D eigenvalue weighted by molar-refractivity contribution is -0.113. The van der Waals surface area contributed by atoms with Gasteiger partial charge in [-0.1, -0.05) is 30.0 Å². The second-order valence-corrected chi connectivity index (χ2v) is 8.95. The van der Waals surface area contributed by atoms with Gasteiger partial charge >= 0.3 is 0 Å². The first kappa shape index (κ1) is 22.8. The highest BCUT2D eigenvalue weighted by molar-refractivity contribution is 7.99. The van der Waals surface area contributed by atoms with Gasteiger partial charge < -0.3 is 14.8 Å². The molecule has 4 aromatic rings. The molecule has 0 aliphatic carbocycles. The number of anilines is 1. The molecule has 0 fully saturated rings. The van der Waals surface area contributed by atoms with E-state index in [2.05, 4.69) is 15.5 Å². The van der Waals surface area contributed by atoms with Crippen LogP contribution in [0.4, 0.5) is 5.69 Å². The molecule has 0 aliphatic heterocycles. The van der Waals surface area contributed by atoms with Gasteiger partial charge in [0.1, 0.15) is 27.2 Å². The van der Waals surface area contributed by atoms with Crippen LogP contribution >= 0.6 is 23.1 Å². The summed E-state index contributed by atoms with van der Waals surface area (Å²) in [5.41, 5.74) is 3.26. The van der Waals surface area contributed by atoms with E-state index in [-0.39, 0.29) is 11.7 Å². The summed E-state index contributed by atoms with van der Waals surface area (Å²) in [7, 11) is 3.24. The summed E-state index contributed by atoms with van der Waals surface area (Å²) in [4.78, 5) is 17.9. The summed E-state index contributed by atoms with van der Waals surface area (Å²) in [5.74, 6) is 1.57. The maximum Gasteiger partial charge on any atom is 0.234 e. The third kappa shape index (κ3) is 5.50. The predicted octanol–water partition coefficient (Wildman–Crippen LogP) is 5.32. The smallest absolute Gasteiger partial charge is 0.234 e. The monoisotopic (exact) mass is 478 g/mol. The Labute approximate surface area is 200 Å². The highest BCUT2D eigenvalue weighted by Crippen LogP contribution is 2.38. The van der Waals surface area contributed by atoms with E-state index >= 15 is 0 Å². The lowest BCUT2D eigenvalue weighted by Gasteiger charge is -2.06. The third-order valence-electron chi connectivity index (χ3n) is 4.71. The third-order valence-corrected chi connectivity index (χ3v) is 6.84. The summed E-state index contributed by atoms with van der Waals surface area (Å²) >= 11 is 2.88. The van der Waals surface area contributed by atoms with Crippen molar-refractivity contribution in [2.75, 3.05) is 25.3 Å². The van der Waals surface area contributed by atoms with Crippen molar-refractivity contribution >= 4 is 34.7 Å². The molecule has 33 heavy (non-hydrogen) atoms. The van der Waals surface area contributed by atoms with Gasteiger partial charge in [-0.2, -0.15) is 0 Å². The quantitative estimate of drug-likeness (QED) is 0.343. The lowest BCUT2D eigenvalue weighted by atomic mass is 10.2. The summed E-state index contributed by atoms with van der Waals surface area (Å²) in [6, 6.07) is 18.8. The van der Waals surface area contributed by atoms with Gasteiger partial charge in [0.2, 0.25) is 5.91 Å². The number of carbonyl (C=O) groups excluding carboxylic acids is 1. The number of ether oxygens (including phenoxy) is 2. The van der Waals surface area contributed by atoms with E-state index in [1.54, 1.807) is 31.6 Å². The van der Waals surface area contributed by atoms with Gasteiger partial charge in [0.15, 0.2) is 0 Å². The number of thiazole rings is 1. The van der Waals surface area contributed by atoms with E-state index in [9.17, 15) is 4.79 Å². The van der Waals surface area contributed by atoms with Gasteiger partial charge in [-0.05, 0) is 43.3 Å². The zero-order chi connectivity index (χ0) is 23.2. The van der Waals surface area contributed by atoms with Gasteiger partial charge in [-0.25, -0.2) is 4.98 Å². The molecular formula is C24H22N4O3S2. The minimum absolute atomic E-state index is 0.126. The molecule has 168 valence electrons. The Morgan fingerprint density at radius 2 is 1.88 bits per heavy atom. The molecule has 0 radical (unpaired) electrons. The molecule has 0 atom stereocenters. The number of thioether (sulfide) groups is 1. The summed E-state index contributed by atoms with van der Waals surface area (Å²) in [6.45, 7) is 1.96. The topological polar surface area (TPSA) is 86.2 Å². The van der Waals surface area contributed by atoms with Crippen LogP contribution in [0.3, 0.4) is 0 Å². The van der Waals surface area contributed by atoms with Crippen LogP contribution in [0.15, 0.2) is 65.7 Å². The van der Waals surface area contributed by atoms with E-state index in [4.69, 9.17) is 14.5 Å². The fourth-order valence-corrected chi connectivity index (χ4v) is 4.80. The Hall–Kier alpha value is -3.43. The van der Waals surface area contributed by atoms with Crippen molar-refractivity contribution in [2.24, 2.45) is 0 Å². The summed E-state index contributed by atoms with van der Waals surface area (Å²) in [5, 5.41) is 13.0. The van der Waals surface area contributed by atoms with E-state index < -0.39 is 0 Å². The van der Waals surface area contributed by atoms with E-state index in [0.29, 0.717) is 16.5 Å². The van der Waals surface area contributed by atoms with Crippen LogP contribution in [0.25, 0.3) is 21.1 Å². The predicted molar refractivity (Wildman–Crippen MR) is 132 cm³/mol. The Morgan fingerprint density at radius 3 is 2.64 bits per heavy atom. The van der Waals surface area contributed by atoms with Crippen molar-refractivity contribution in [1.82, 2.24) is 15.2 Å². The number of hydrogen-bond acceptors (Lipinski definition) is 8. The number of benzene rings is 2. The zero-order valence-corrected chi connectivity index (χ0v) is 20.0. The molecule has 0 saturated heterocycles. The number of para-hydroxylation sites is 1. The van der Waals surface area contributed by atoms with Crippen molar-refractivity contribution in [3.05, 3.63) is 66.4 Å². The largest absolute Gasteiger partial charge is 0.497 e. The first-order valence-corrected chi connectivity index (χ1v) is 11.9. The molecule has 4 rings (SSSR count). The summed E-state index contributed by atoms with van der Waals surface area (Å²) < 4.78 is 10.6. The molecule has 0 saturated carbocycles. The van der Waals surface area contributed by atoms with Gasteiger partial charge in [-0.15, -0.1) is 21.5 Å². The van der Waals surface area contributed by atoms with Crippen LogP contribution < -0.4 is 14.8 Å². The second-order valence-electron chi connectivity index (χ2n) is 6.96. The molecule has 2 heterocycles. The highest BCUT2D eigenvalue weighted by atomic mass is 32.2. The second kappa shape index (κ2) is 10.5. The standard InChI is InChI=1S/C24H22N4O3S2/c1-15-23(33-24(25-15)18-9-4-5-10-20(18)31-3)19-11-12-22(28-27-19)32-14-21(29)26-16-7-6-8-17(13-16)30-2/h4-13H,14H2,1-3H3,(H,26,29). The number of carbonyl (C=O) groups is 1. The van der Waals surface area contributed by atoms with Gasteiger partial charge in [-0.3, -0.25) is 4.79 Å². The Morgan fingerprint density at radius 1 is 1.03 bits per heavy atom. The molecule has 2 aromatic heterocycles. The number of methoxy groups -OCH3 is 2. The fraction of sp³-hybridized carbons (Fsp3) is 0.167. The number of aromatic nitrogens is 3. The van der Waals surface area contributed by atoms with Crippen LogP contribution in [0.5, 0.6) is 11.5 Å². The minimum atomic E-state index is -0.126. The molecule has 1 amide bonds. The van der Waals surface area contributed by atoms with Crippen LogP contribution in [-0.2, 0) is 4.79 Å². The Bertz CT molecular complexity index is 1260. The van der Waals surface area contributed by atoms with Gasteiger partial charge in [0.05, 0.1) is 36.1 Å². The van der Waals surface area contributed by atoms with Gasteiger partial charge in [0.25, 0.3) is 0 Å². The number of rotatable bonds is 8. The Balaban J connectivity index is 1.41. The average Bonchev–Trinajstić information content (AvgIpc) is 3.24. The molecule has 0 bridgehead atoms. The number of hydrogen-bond donors (Lipinski definition) is 1. The molecule has 0 unspecified atom stereocenters.